The molecule has 1 fully saturated rings. The van der Waals surface area contributed by atoms with E-state index >= 15 is 0 Å². The van der Waals surface area contributed by atoms with E-state index in [-0.39, 0.29) is 5.60 Å². The van der Waals surface area contributed by atoms with Crippen molar-refractivity contribution >= 4 is 11.3 Å². The third-order valence-corrected chi connectivity index (χ3v) is 4.91. The Morgan fingerprint density at radius 3 is 2.61 bits per heavy atom. The summed E-state index contributed by atoms with van der Waals surface area (Å²) in [6.07, 6.45) is 6.30. The minimum atomic E-state index is 0.00919. The van der Waals surface area contributed by atoms with Gasteiger partial charge in [0.15, 0.2) is 0 Å². The molecule has 18 heavy (non-hydrogen) atoms. The highest BCUT2D eigenvalue weighted by Crippen LogP contribution is 2.42. The lowest BCUT2D eigenvalue weighted by atomic mass is 9.77. The highest BCUT2D eigenvalue weighted by atomic mass is 32.1. The lowest BCUT2D eigenvalue weighted by molar-refractivity contribution is -0.0897. The van der Waals surface area contributed by atoms with Crippen molar-refractivity contribution in [3.8, 4) is 0 Å². The summed E-state index contributed by atoms with van der Waals surface area (Å²) in [7, 11) is 2.06. The van der Waals surface area contributed by atoms with Gasteiger partial charge in [0, 0.05) is 11.5 Å². The Balaban J connectivity index is 2.26. The van der Waals surface area contributed by atoms with E-state index in [0.717, 1.165) is 6.61 Å². The first-order chi connectivity index (χ1) is 8.72. The summed E-state index contributed by atoms with van der Waals surface area (Å²) in [5.74, 6) is 0. The molecule has 2 nitrogen and oxygen atoms in total. The predicted octanol–water partition coefficient (Wildman–Crippen LogP) is 4.06. The molecule has 3 heteroatoms. The molecule has 0 radical (unpaired) electrons. The topological polar surface area (TPSA) is 21.3 Å². The van der Waals surface area contributed by atoms with Crippen molar-refractivity contribution in [3.63, 3.8) is 0 Å². The van der Waals surface area contributed by atoms with Gasteiger partial charge >= 0.3 is 0 Å². The van der Waals surface area contributed by atoms with Crippen LogP contribution < -0.4 is 5.32 Å². The molecule has 102 valence electrons. The van der Waals surface area contributed by atoms with Gasteiger partial charge in [-0.2, -0.15) is 0 Å². The Kier molecular flexibility index (Phi) is 4.82. The Labute approximate surface area is 115 Å². The molecule has 1 N–H and O–H groups in total. The van der Waals surface area contributed by atoms with Crippen molar-refractivity contribution < 1.29 is 4.74 Å². The lowest BCUT2D eigenvalue weighted by Crippen LogP contribution is -2.46. The summed E-state index contributed by atoms with van der Waals surface area (Å²) in [6.45, 7) is 5.10. The first-order valence-corrected chi connectivity index (χ1v) is 7.96. The standard InChI is InChI=1S/C15H25NOS/c1-4-17-15(8-6-5-7-9-15)14(16-3)13-10-12(2)18-11-13/h10-11,14,16H,4-9H2,1-3H3. The van der Waals surface area contributed by atoms with E-state index in [1.54, 1.807) is 0 Å². The van der Waals surface area contributed by atoms with Crippen LogP contribution in [0.4, 0.5) is 0 Å². The maximum absolute atomic E-state index is 6.23. The second-order valence-corrected chi connectivity index (χ2v) is 6.39. The summed E-state index contributed by atoms with van der Waals surface area (Å²) >= 11 is 1.83. The molecule has 1 unspecified atom stereocenters. The predicted molar refractivity (Wildman–Crippen MR) is 78.3 cm³/mol. The highest BCUT2D eigenvalue weighted by Gasteiger charge is 2.40. The van der Waals surface area contributed by atoms with E-state index < -0.39 is 0 Å². The summed E-state index contributed by atoms with van der Waals surface area (Å²) in [5, 5.41) is 5.79. The molecular formula is C15H25NOS. The van der Waals surface area contributed by atoms with Gasteiger partial charge < -0.3 is 10.1 Å². The largest absolute Gasteiger partial charge is 0.373 e. The van der Waals surface area contributed by atoms with Crippen molar-refractivity contribution in [1.29, 1.82) is 0 Å². The van der Waals surface area contributed by atoms with Gasteiger partial charge in [-0.1, -0.05) is 19.3 Å². The monoisotopic (exact) mass is 267 g/mol. The zero-order valence-electron chi connectivity index (χ0n) is 11.8. The normalized spacial score (nSPS) is 20.8. The average Bonchev–Trinajstić information content (AvgIpc) is 2.78. The maximum Gasteiger partial charge on any atom is 0.0876 e. The van der Waals surface area contributed by atoms with Crippen molar-refractivity contribution in [2.45, 2.75) is 57.6 Å². The van der Waals surface area contributed by atoms with Crippen LogP contribution in [0.1, 0.15) is 55.5 Å². The minimum Gasteiger partial charge on any atom is -0.373 e. The SMILES string of the molecule is CCOC1(C(NC)c2csc(C)c2)CCCCC1. The number of hydrogen-bond donors (Lipinski definition) is 1. The zero-order chi connectivity index (χ0) is 13.0. The van der Waals surface area contributed by atoms with Gasteiger partial charge in [0.25, 0.3) is 0 Å². The number of ether oxygens (including phenoxy) is 1. The molecule has 1 aromatic rings. The lowest BCUT2D eigenvalue weighted by Gasteiger charge is -2.43. The fraction of sp³-hybridized carbons (Fsp3) is 0.733. The van der Waals surface area contributed by atoms with Crippen molar-refractivity contribution in [1.82, 2.24) is 5.32 Å². The zero-order valence-corrected chi connectivity index (χ0v) is 12.6. The summed E-state index contributed by atoms with van der Waals surface area (Å²) in [6, 6.07) is 2.64. The number of hydrogen-bond acceptors (Lipinski definition) is 3. The maximum atomic E-state index is 6.23. The van der Waals surface area contributed by atoms with Crippen LogP contribution in [-0.4, -0.2) is 19.3 Å². The summed E-state index contributed by atoms with van der Waals surface area (Å²) in [5.41, 5.74) is 1.41. The minimum absolute atomic E-state index is 0.00919. The van der Waals surface area contributed by atoms with Crippen LogP contribution >= 0.6 is 11.3 Å². The number of nitrogens with one attached hydrogen (secondary N) is 1. The molecule has 0 spiro atoms. The number of thiophene rings is 1. The van der Waals surface area contributed by atoms with Crippen LogP contribution in [0.25, 0.3) is 0 Å². The van der Waals surface area contributed by atoms with Gasteiger partial charge in [-0.05, 0) is 50.7 Å². The second kappa shape index (κ2) is 6.18. The van der Waals surface area contributed by atoms with Crippen LogP contribution in [0, 0.1) is 6.92 Å². The van der Waals surface area contributed by atoms with Gasteiger partial charge in [-0.25, -0.2) is 0 Å². The molecule has 1 aliphatic carbocycles. The van der Waals surface area contributed by atoms with Crippen LogP contribution in [0.15, 0.2) is 11.4 Å². The summed E-state index contributed by atoms with van der Waals surface area (Å²) in [4.78, 5) is 1.38. The third kappa shape index (κ3) is 2.79. The fourth-order valence-electron chi connectivity index (χ4n) is 3.30. The third-order valence-electron chi connectivity index (χ3n) is 4.03. The molecule has 0 saturated heterocycles. The van der Waals surface area contributed by atoms with E-state index in [0.29, 0.717) is 6.04 Å². The van der Waals surface area contributed by atoms with Gasteiger partial charge in [0.2, 0.25) is 0 Å². The van der Waals surface area contributed by atoms with E-state index in [9.17, 15) is 0 Å². The molecule has 1 atom stereocenters. The second-order valence-electron chi connectivity index (χ2n) is 5.27. The molecule has 0 amide bonds. The summed E-state index contributed by atoms with van der Waals surface area (Å²) < 4.78 is 6.23. The molecular weight excluding hydrogens is 242 g/mol. The smallest absolute Gasteiger partial charge is 0.0876 e. The quantitative estimate of drug-likeness (QED) is 0.869. The molecule has 1 saturated carbocycles. The highest BCUT2D eigenvalue weighted by molar-refractivity contribution is 7.10. The van der Waals surface area contributed by atoms with Crippen LogP contribution in [0.5, 0.6) is 0 Å². The average molecular weight is 267 g/mol. The van der Waals surface area contributed by atoms with Crippen molar-refractivity contribution in [2.75, 3.05) is 13.7 Å². The molecule has 0 aromatic carbocycles. The molecule has 1 aromatic heterocycles. The Morgan fingerprint density at radius 1 is 1.39 bits per heavy atom. The van der Waals surface area contributed by atoms with Gasteiger partial charge in [-0.15, -0.1) is 11.3 Å². The molecule has 0 aliphatic heterocycles. The van der Waals surface area contributed by atoms with E-state index in [1.807, 2.05) is 11.3 Å². The van der Waals surface area contributed by atoms with E-state index in [1.165, 1.54) is 42.5 Å². The first-order valence-electron chi connectivity index (χ1n) is 7.08. The van der Waals surface area contributed by atoms with Crippen molar-refractivity contribution in [3.05, 3.63) is 21.9 Å². The molecule has 0 bridgehead atoms. The number of likely N-dealkylation sites (N-methyl/N-ethyl adjacent to an activating group) is 1. The van der Waals surface area contributed by atoms with E-state index in [2.05, 4.69) is 37.7 Å². The van der Waals surface area contributed by atoms with Gasteiger partial charge in [0.05, 0.1) is 11.6 Å². The first kappa shape index (κ1) is 14.0. The van der Waals surface area contributed by atoms with Crippen LogP contribution in [0.3, 0.4) is 0 Å². The Hall–Kier alpha value is -0.380. The van der Waals surface area contributed by atoms with Crippen molar-refractivity contribution in [2.24, 2.45) is 0 Å². The van der Waals surface area contributed by atoms with Gasteiger partial charge in [0.1, 0.15) is 0 Å². The number of aryl methyl sites for hydroxylation is 1. The number of rotatable bonds is 5. The molecule has 1 aliphatic rings. The fourth-order valence-corrected chi connectivity index (χ4v) is 4.03. The van der Waals surface area contributed by atoms with Crippen LogP contribution in [0.2, 0.25) is 0 Å². The van der Waals surface area contributed by atoms with E-state index in [4.69, 9.17) is 4.74 Å². The Morgan fingerprint density at radius 2 is 2.11 bits per heavy atom. The molecule has 1 heterocycles. The molecule has 2 rings (SSSR count). The van der Waals surface area contributed by atoms with Gasteiger partial charge in [-0.3, -0.25) is 0 Å². The van der Waals surface area contributed by atoms with Crippen LogP contribution in [-0.2, 0) is 4.74 Å². The Bertz CT molecular complexity index is 363.